The number of nitrogens with zero attached hydrogens (tertiary/aromatic N) is 3. The van der Waals surface area contributed by atoms with Gasteiger partial charge < -0.3 is 30.7 Å². The van der Waals surface area contributed by atoms with Crippen LogP contribution in [0, 0.1) is 0 Å². The van der Waals surface area contributed by atoms with E-state index < -0.39 is 5.91 Å². The van der Waals surface area contributed by atoms with Crippen LogP contribution >= 0.6 is 11.6 Å². The van der Waals surface area contributed by atoms with Crippen molar-refractivity contribution in [2.24, 2.45) is 5.73 Å². The fourth-order valence-corrected chi connectivity index (χ4v) is 4.05. The molecular formula is C26H27ClN6O4. The minimum Gasteiger partial charge on any atom is -0.437 e. The Morgan fingerprint density at radius 1 is 1.19 bits per heavy atom. The van der Waals surface area contributed by atoms with Gasteiger partial charge in [-0.3, -0.25) is 9.59 Å². The molecule has 0 bridgehead atoms. The minimum atomic E-state index is -0.735. The summed E-state index contributed by atoms with van der Waals surface area (Å²) in [5.74, 6) is -0.339. The van der Waals surface area contributed by atoms with E-state index >= 15 is 0 Å². The summed E-state index contributed by atoms with van der Waals surface area (Å²) >= 11 is 6.57. The fraction of sp³-hybridized carbons (Fsp3) is 0.231. The second-order valence-electron chi connectivity index (χ2n) is 8.10. The molecular weight excluding hydrogens is 496 g/mol. The number of carbonyl (C=O) groups excluding carboxylic acids is 2. The van der Waals surface area contributed by atoms with Crippen molar-refractivity contribution in [3.8, 4) is 11.6 Å². The monoisotopic (exact) mass is 522 g/mol. The lowest BCUT2D eigenvalue weighted by atomic mass is 10.2. The average Bonchev–Trinajstić information content (AvgIpc) is 2.89. The number of aryl methyl sites for hydroxylation is 1. The summed E-state index contributed by atoms with van der Waals surface area (Å²) in [4.78, 5) is 34.9. The van der Waals surface area contributed by atoms with Crippen LogP contribution in [0.1, 0.15) is 23.1 Å². The van der Waals surface area contributed by atoms with Gasteiger partial charge in [-0.05, 0) is 42.8 Å². The summed E-state index contributed by atoms with van der Waals surface area (Å²) in [5.41, 5.74) is 8.05. The van der Waals surface area contributed by atoms with Crippen molar-refractivity contribution in [2.45, 2.75) is 13.3 Å². The Morgan fingerprint density at radius 2 is 1.97 bits per heavy atom. The van der Waals surface area contributed by atoms with Crippen LogP contribution in [0.2, 0.25) is 5.02 Å². The molecule has 192 valence electrons. The van der Waals surface area contributed by atoms with E-state index in [1.807, 2.05) is 19.1 Å². The van der Waals surface area contributed by atoms with Gasteiger partial charge in [0.25, 0.3) is 5.91 Å². The highest BCUT2D eigenvalue weighted by molar-refractivity contribution is 6.33. The van der Waals surface area contributed by atoms with Gasteiger partial charge in [0.05, 0.1) is 23.9 Å². The van der Waals surface area contributed by atoms with E-state index in [2.05, 4.69) is 32.1 Å². The number of ether oxygens (including phenoxy) is 2. The molecule has 0 spiro atoms. The summed E-state index contributed by atoms with van der Waals surface area (Å²) in [6.45, 7) is 8.10. The third kappa shape index (κ3) is 6.35. The number of primary amides is 1. The van der Waals surface area contributed by atoms with Gasteiger partial charge in [-0.1, -0.05) is 31.2 Å². The Morgan fingerprint density at radius 3 is 2.65 bits per heavy atom. The van der Waals surface area contributed by atoms with E-state index in [4.69, 9.17) is 26.8 Å². The Bertz CT molecular complexity index is 1330. The first kappa shape index (κ1) is 25.9. The van der Waals surface area contributed by atoms with Crippen molar-refractivity contribution in [1.82, 2.24) is 9.97 Å². The SMILES string of the molecule is C=CC(=O)Nc1cccc(Oc2nc(Nc3ccc(N4CCOCC4)c(Cl)c3)c(C(N)=O)nc2CC)c1. The number of halogens is 1. The van der Waals surface area contributed by atoms with Crippen LogP contribution < -0.4 is 26.0 Å². The van der Waals surface area contributed by atoms with Gasteiger partial charge in [-0.2, -0.15) is 4.98 Å². The van der Waals surface area contributed by atoms with Crippen LogP contribution in [0.5, 0.6) is 11.6 Å². The topological polar surface area (TPSA) is 132 Å². The molecule has 0 unspecified atom stereocenters. The predicted octanol–water partition coefficient (Wildman–Crippen LogP) is 4.29. The molecule has 1 fully saturated rings. The zero-order valence-corrected chi connectivity index (χ0v) is 21.0. The first-order valence-electron chi connectivity index (χ1n) is 11.7. The number of anilines is 4. The van der Waals surface area contributed by atoms with Gasteiger partial charge in [0, 0.05) is 30.5 Å². The zero-order valence-electron chi connectivity index (χ0n) is 20.3. The molecule has 2 aromatic carbocycles. The predicted molar refractivity (Wildman–Crippen MR) is 143 cm³/mol. The Labute approximate surface area is 219 Å². The second kappa shape index (κ2) is 11.7. The van der Waals surface area contributed by atoms with Crippen molar-refractivity contribution in [2.75, 3.05) is 41.8 Å². The van der Waals surface area contributed by atoms with Crippen molar-refractivity contribution >= 4 is 46.3 Å². The van der Waals surface area contributed by atoms with Gasteiger partial charge in [0.15, 0.2) is 11.5 Å². The first-order chi connectivity index (χ1) is 17.9. The van der Waals surface area contributed by atoms with Crippen molar-refractivity contribution in [3.05, 3.63) is 71.5 Å². The number of nitrogens with one attached hydrogen (secondary N) is 2. The molecule has 4 rings (SSSR count). The first-order valence-corrected chi connectivity index (χ1v) is 12.1. The van der Waals surface area contributed by atoms with Crippen LogP contribution in [0.25, 0.3) is 0 Å². The van der Waals surface area contributed by atoms with Gasteiger partial charge in [-0.15, -0.1) is 0 Å². The number of amides is 2. The van der Waals surface area contributed by atoms with E-state index in [1.165, 1.54) is 6.08 Å². The standard InChI is InChI=1S/C26H27ClN6O4/c1-3-20-26(37-18-7-5-6-16(14-18)29-22(34)4-2)32-25(23(31-20)24(28)35)30-17-8-9-21(19(27)15-17)33-10-12-36-13-11-33/h4-9,14-15H,2-3,10-13H2,1H3,(H2,28,35)(H,29,34)(H,30,32). The van der Waals surface area contributed by atoms with E-state index in [-0.39, 0.29) is 23.3 Å². The van der Waals surface area contributed by atoms with E-state index in [9.17, 15) is 9.59 Å². The molecule has 0 atom stereocenters. The van der Waals surface area contributed by atoms with E-state index in [0.717, 1.165) is 18.8 Å². The number of benzene rings is 2. The summed E-state index contributed by atoms with van der Waals surface area (Å²) in [5, 5.41) is 6.32. The Kier molecular flexibility index (Phi) is 8.22. The highest BCUT2D eigenvalue weighted by Crippen LogP contribution is 2.32. The molecule has 10 nitrogen and oxygen atoms in total. The third-order valence-corrected chi connectivity index (χ3v) is 5.87. The lowest BCUT2D eigenvalue weighted by molar-refractivity contribution is -0.111. The molecule has 2 heterocycles. The van der Waals surface area contributed by atoms with Crippen LogP contribution in [-0.4, -0.2) is 48.1 Å². The number of nitrogens with two attached hydrogens (primary N) is 1. The summed E-state index contributed by atoms with van der Waals surface area (Å²) in [6.07, 6.45) is 1.62. The van der Waals surface area contributed by atoms with Crippen LogP contribution in [0.4, 0.5) is 22.9 Å². The largest absolute Gasteiger partial charge is 0.437 e. The number of morpholine rings is 1. The van der Waals surface area contributed by atoms with Gasteiger partial charge >= 0.3 is 0 Å². The molecule has 0 saturated carbocycles. The van der Waals surface area contributed by atoms with Crippen LogP contribution in [0.15, 0.2) is 55.1 Å². The lowest BCUT2D eigenvalue weighted by Crippen LogP contribution is -2.36. The van der Waals surface area contributed by atoms with Crippen LogP contribution in [-0.2, 0) is 16.0 Å². The molecule has 1 aromatic heterocycles. The maximum Gasteiger partial charge on any atom is 0.271 e. The maximum atomic E-state index is 12.2. The second-order valence-corrected chi connectivity index (χ2v) is 8.51. The normalized spacial score (nSPS) is 13.1. The van der Waals surface area contributed by atoms with Crippen molar-refractivity contribution < 1.29 is 19.1 Å². The van der Waals surface area contributed by atoms with Gasteiger partial charge in [0.1, 0.15) is 11.4 Å². The summed E-state index contributed by atoms with van der Waals surface area (Å²) in [7, 11) is 0. The van der Waals surface area contributed by atoms with Crippen molar-refractivity contribution in [1.29, 1.82) is 0 Å². The number of aromatic nitrogens is 2. The molecule has 3 aromatic rings. The van der Waals surface area contributed by atoms with Crippen LogP contribution in [0.3, 0.4) is 0 Å². The quantitative estimate of drug-likeness (QED) is 0.355. The summed E-state index contributed by atoms with van der Waals surface area (Å²) in [6, 6.07) is 12.3. The summed E-state index contributed by atoms with van der Waals surface area (Å²) < 4.78 is 11.4. The number of hydrogen-bond acceptors (Lipinski definition) is 8. The van der Waals surface area contributed by atoms with E-state index in [1.54, 1.807) is 30.3 Å². The molecule has 37 heavy (non-hydrogen) atoms. The smallest absolute Gasteiger partial charge is 0.271 e. The molecule has 1 saturated heterocycles. The maximum absolute atomic E-state index is 12.2. The van der Waals surface area contributed by atoms with Crippen molar-refractivity contribution in [3.63, 3.8) is 0 Å². The molecule has 0 radical (unpaired) electrons. The van der Waals surface area contributed by atoms with E-state index in [0.29, 0.717) is 47.5 Å². The fourth-order valence-electron chi connectivity index (χ4n) is 3.75. The van der Waals surface area contributed by atoms with Gasteiger partial charge in [0.2, 0.25) is 11.8 Å². The minimum absolute atomic E-state index is 0.0235. The molecule has 1 aliphatic heterocycles. The molecule has 2 amide bonds. The third-order valence-electron chi connectivity index (χ3n) is 5.56. The molecule has 11 heteroatoms. The molecule has 4 N–H and O–H groups in total. The number of hydrogen-bond donors (Lipinski definition) is 3. The highest BCUT2D eigenvalue weighted by atomic mass is 35.5. The Balaban J connectivity index is 1.63. The lowest BCUT2D eigenvalue weighted by Gasteiger charge is -2.29. The number of rotatable bonds is 9. The zero-order chi connectivity index (χ0) is 26.4. The number of carbonyl (C=O) groups is 2. The molecule has 0 aliphatic carbocycles. The Hall–Kier alpha value is -4.15. The average molecular weight is 523 g/mol. The molecule has 1 aliphatic rings. The van der Waals surface area contributed by atoms with Gasteiger partial charge in [-0.25, -0.2) is 4.98 Å². The highest BCUT2D eigenvalue weighted by Gasteiger charge is 2.20.